The fourth-order valence-corrected chi connectivity index (χ4v) is 1.78. The Morgan fingerprint density at radius 3 is 2.32 bits per heavy atom. The summed E-state index contributed by atoms with van der Waals surface area (Å²) < 4.78 is 0. The minimum absolute atomic E-state index is 0.0834. The predicted octanol–water partition coefficient (Wildman–Crippen LogP) is 2.03. The zero-order valence-electron chi connectivity index (χ0n) is 11.4. The van der Waals surface area contributed by atoms with E-state index in [9.17, 15) is 9.59 Å². The molecule has 1 aromatic rings. The minimum atomic E-state index is -0.835. The number of carboxylic acid groups (broad SMARTS) is 1. The van der Waals surface area contributed by atoms with Gasteiger partial charge in [0.25, 0.3) is 0 Å². The molecule has 1 N–H and O–H groups in total. The lowest BCUT2D eigenvalue weighted by Gasteiger charge is -2.24. The van der Waals surface area contributed by atoms with Gasteiger partial charge in [-0.2, -0.15) is 0 Å². The van der Waals surface area contributed by atoms with Crippen molar-refractivity contribution in [3.8, 4) is 0 Å². The van der Waals surface area contributed by atoms with E-state index in [-0.39, 0.29) is 12.5 Å². The van der Waals surface area contributed by atoms with Gasteiger partial charge in [-0.25, -0.2) is 4.79 Å². The van der Waals surface area contributed by atoms with Crippen molar-refractivity contribution in [3.05, 3.63) is 35.9 Å². The normalized spacial score (nSPS) is 10.0. The molecule has 2 amide bonds. The second kappa shape index (κ2) is 7.41. The summed E-state index contributed by atoms with van der Waals surface area (Å²) in [6, 6.07) is 9.63. The Hall–Kier alpha value is -2.04. The maximum Gasteiger partial charge on any atom is 0.319 e. The van der Waals surface area contributed by atoms with Crippen molar-refractivity contribution in [2.75, 3.05) is 20.6 Å². The van der Waals surface area contributed by atoms with Crippen LogP contribution in [0.2, 0.25) is 0 Å². The summed E-state index contributed by atoms with van der Waals surface area (Å²) in [5.74, 6) is -0.835. The van der Waals surface area contributed by atoms with Crippen LogP contribution in [-0.4, -0.2) is 47.5 Å². The summed E-state index contributed by atoms with van der Waals surface area (Å²) in [5, 5.41) is 8.56. The van der Waals surface area contributed by atoms with E-state index in [2.05, 4.69) is 0 Å². The Morgan fingerprint density at radius 1 is 1.11 bits per heavy atom. The molecule has 19 heavy (non-hydrogen) atoms. The fourth-order valence-electron chi connectivity index (χ4n) is 1.78. The van der Waals surface area contributed by atoms with Gasteiger partial charge in [-0.3, -0.25) is 4.79 Å². The average Bonchev–Trinajstić information content (AvgIpc) is 2.38. The van der Waals surface area contributed by atoms with Crippen molar-refractivity contribution < 1.29 is 14.7 Å². The van der Waals surface area contributed by atoms with Crippen molar-refractivity contribution in [2.24, 2.45) is 0 Å². The Bertz CT molecular complexity index is 420. The molecule has 5 nitrogen and oxygen atoms in total. The van der Waals surface area contributed by atoms with Gasteiger partial charge in [-0.1, -0.05) is 30.3 Å². The van der Waals surface area contributed by atoms with E-state index in [1.807, 2.05) is 30.3 Å². The van der Waals surface area contributed by atoms with Crippen LogP contribution in [0.4, 0.5) is 4.79 Å². The van der Waals surface area contributed by atoms with Crippen LogP contribution in [0.25, 0.3) is 0 Å². The number of carbonyl (C=O) groups is 2. The molecule has 0 spiro atoms. The molecule has 0 saturated carbocycles. The number of nitrogens with zero attached hydrogens (tertiary/aromatic N) is 2. The van der Waals surface area contributed by atoms with E-state index in [0.29, 0.717) is 19.5 Å². The maximum atomic E-state index is 12.0. The van der Waals surface area contributed by atoms with Gasteiger partial charge in [0.15, 0.2) is 0 Å². The molecule has 0 aliphatic carbocycles. The van der Waals surface area contributed by atoms with Crippen LogP contribution in [0.1, 0.15) is 18.4 Å². The number of hydrogen-bond donors (Lipinski definition) is 1. The van der Waals surface area contributed by atoms with E-state index < -0.39 is 5.97 Å². The highest BCUT2D eigenvalue weighted by atomic mass is 16.4. The molecule has 0 saturated heterocycles. The molecule has 0 bridgehead atoms. The van der Waals surface area contributed by atoms with Gasteiger partial charge in [0.2, 0.25) is 0 Å². The van der Waals surface area contributed by atoms with E-state index in [0.717, 1.165) is 5.56 Å². The molecule has 0 aliphatic heterocycles. The Morgan fingerprint density at radius 2 is 1.74 bits per heavy atom. The highest BCUT2D eigenvalue weighted by molar-refractivity contribution is 5.74. The largest absolute Gasteiger partial charge is 0.481 e. The lowest BCUT2D eigenvalue weighted by atomic mass is 10.2. The summed E-state index contributed by atoms with van der Waals surface area (Å²) in [6.45, 7) is 0.993. The van der Waals surface area contributed by atoms with E-state index in [1.165, 1.54) is 0 Å². The Kier molecular flexibility index (Phi) is 5.85. The zero-order chi connectivity index (χ0) is 14.3. The van der Waals surface area contributed by atoms with Crippen molar-refractivity contribution in [1.29, 1.82) is 0 Å². The van der Waals surface area contributed by atoms with Gasteiger partial charge in [0.1, 0.15) is 0 Å². The molecule has 0 unspecified atom stereocenters. The maximum absolute atomic E-state index is 12.0. The summed E-state index contributed by atoms with van der Waals surface area (Å²) in [7, 11) is 3.43. The number of rotatable bonds is 6. The first-order valence-corrected chi connectivity index (χ1v) is 6.22. The Balaban J connectivity index is 2.41. The topological polar surface area (TPSA) is 60.9 Å². The third kappa shape index (κ3) is 5.42. The monoisotopic (exact) mass is 264 g/mol. The number of carboxylic acids is 1. The molecular weight excluding hydrogens is 244 g/mol. The number of hydrogen-bond acceptors (Lipinski definition) is 2. The van der Waals surface area contributed by atoms with Crippen molar-refractivity contribution >= 4 is 12.0 Å². The second-order valence-corrected chi connectivity index (χ2v) is 4.54. The van der Waals surface area contributed by atoms with Gasteiger partial charge in [0, 0.05) is 33.6 Å². The van der Waals surface area contributed by atoms with Gasteiger partial charge in [-0.05, 0) is 12.0 Å². The smallest absolute Gasteiger partial charge is 0.319 e. The van der Waals surface area contributed by atoms with Gasteiger partial charge >= 0.3 is 12.0 Å². The summed E-state index contributed by atoms with van der Waals surface area (Å²) in [5.41, 5.74) is 1.07. The molecule has 0 heterocycles. The minimum Gasteiger partial charge on any atom is -0.481 e. The quantitative estimate of drug-likeness (QED) is 0.855. The lowest BCUT2D eigenvalue weighted by molar-refractivity contribution is -0.137. The van der Waals surface area contributed by atoms with E-state index in [1.54, 1.807) is 23.9 Å². The number of carbonyl (C=O) groups excluding carboxylic acids is 1. The van der Waals surface area contributed by atoms with E-state index in [4.69, 9.17) is 5.11 Å². The van der Waals surface area contributed by atoms with Crippen LogP contribution in [0.3, 0.4) is 0 Å². The molecule has 1 aromatic carbocycles. The van der Waals surface area contributed by atoms with Crippen LogP contribution in [0, 0.1) is 0 Å². The highest BCUT2D eigenvalue weighted by Gasteiger charge is 2.14. The third-order valence-electron chi connectivity index (χ3n) is 2.80. The zero-order valence-corrected chi connectivity index (χ0v) is 11.4. The van der Waals surface area contributed by atoms with Gasteiger partial charge in [0.05, 0.1) is 0 Å². The number of amides is 2. The first-order valence-electron chi connectivity index (χ1n) is 6.22. The summed E-state index contributed by atoms with van der Waals surface area (Å²) >= 11 is 0. The van der Waals surface area contributed by atoms with E-state index >= 15 is 0 Å². The Labute approximate surface area is 113 Å². The molecule has 0 fully saturated rings. The lowest BCUT2D eigenvalue weighted by Crippen LogP contribution is -2.38. The van der Waals surface area contributed by atoms with Crippen molar-refractivity contribution in [1.82, 2.24) is 9.80 Å². The first-order chi connectivity index (χ1) is 9.00. The standard InChI is InChI=1S/C14H20N2O3/c1-15(10-6-9-13(17)18)14(19)16(2)11-12-7-4-3-5-8-12/h3-5,7-8H,6,9-11H2,1-2H3,(H,17,18). The average molecular weight is 264 g/mol. The first kappa shape index (κ1) is 15.0. The second-order valence-electron chi connectivity index (χ2n) is 4.54. The number of benzene rings is 1. The summed E-state index contributed by atoms with van der Waals surface area (Å²) in [4.78, 5) is 25.6. The van der Waals surface area contributed by atoms with Gasteiger partial charge in [-0.15, -0.1) is 0 Å². The number of urea groups is 1. The molecule has 104 valence electrons. The molecular formula is C14H20N2O3. The molecule has 5 heteroatoms. The van der Waals surface area contributed by atoms with Crippen LogP contribution in [0.5, 0.6) is 0 Å². The molecule has 0 atom stereocenters. The molecule has 0 aromatic heterocycles. The SMILES string of the molecule is CN(CCCC(=O)O)C(=O)N(C)Cc1ccccc1. The molecule has 0 radical (unpaired) electrons. The van der Waals surface area contributed by atoms with Crippen LogP contribution in [0.15, 0.2) is 30.3 Å². The fraction of sp³-hybridized carbons (Fsp3) is 0.429. The van der Waals surface area contributed by atoms with Crippen molar-refractivity contribution in [3.63, 3.8) is 0 Å². The third-order valence-corrected chi connectivity index (χ3v) is 2.80. The predicted molar refractivity (Wildman–Crippen MR) is 72.8 cm³/mol. The highest BCUT2D eigenvalue weighted by Crippen LogP contribution is 2.05. The van der Waals surface area contributed by atoms with Crippen LogP contribution >= 0.6 is 0 Å². The van der Waals surface area contributed by atoms with Crippen molar-refractivity contribution in [2.45, 2.75) is 19.4 Å². The molecule has 0 aliphatic rings. The molecule has 1 rings (SSSR count). The van der Waals surface area contributed by atoms with Crippen LogP contribution in [-0.2, 0) is 11.3 Å². The number of aliphatic carboxylic acids is 1. The summed E-state index contributed by atoms with van der Waals surface area (Å²) in [6.07, 6.45) is 0.552. The van der Waals surface area contributed by atoms with Gasteiger partial charge < -0.3 is 14.9 Å². The van der Waals surface area contributed by atoms with Crippen LogP contribution < -0.4 is 0 Å².